The van der Waals surface area contributed by atoms with E-state index in [1.807, 2.05) is 12.3 Å². The summed E-state index contributed by atoms with van der Waals surface area (Å²) in [5, 5.41) is 7.79. The fourth-order valence-electron chi connectivity index (χ4n) is 2.08. The first-order chi connectivity index (χ1) is 6.92. The van der Waals surface area contributed by atoms with Crippen LogP contribution >= 0.6 is 0 Å². The fraction of sp³-hybridized carbons (Fsp3) is 0.727. The fourth-order valence-corrected chi connectivity index (χ4v) is 2.08. The van der Waals surface area contributed by atoms with Gasteiger partial charge in [0, 0.05) is 12.4 Å². The lowest BCUT2D eigenvalue weighted by molar-refractivity contribution is 0.163. The Bertz CT molecular complexity index is 256. The zero-order chi connectivity index (χ0) is 9.80. The van der Waals surface area contributed by atoms with Crippen molar-refractivity contribution >= 4 is 0 Å². The van der Waals surface area contributed by atoms with E-state index in [4.69, 9.17) is 0 Å². The molecular formula is C11H19N3. The highest BCUT2D eigenvalue weighted by molar-refractivity contribution is 4.90. The van der Waals surface area contributed by atoms with E-state index in [1.165, 1.54) is 19.3 Å². The lowest BCUT2D eigenvalue weighted by atomic mass is 9.79. The van der Waals surface area contributed by atoms with Crippen molar-refractivity contribution in [1.82, 2.24) is 15.1 Å². The van der Waals surface area contributed by atoms with Crippen LogP contribution in [0.4, 0.5) is 0 Å². The summed E-state index contributed by atoms with van der Waals surface area (Å²) < 4.78 is 2.11. The number of hydrogen-bond donors (Lipinski definition) is 1. The van der Waals surface area contributed by atoms with Crippen molar-refractivity contribution in [2.75, 3.05) is 13.1 Å². The van der Waals surface area contributed by atoms with Crippen LogP contribution in [0.25, 0.3) is 0 Å². The zero-order valence-corrected chi connectivity index (χ0v) is 8.82. The molecule has 1 aliphatic carbocycles. The molecule has 0 saturated heterocycles. The van der Waals surface area contributed by atoms with Crippen molar-refractivity contribution in [2.45, 2.75) is 32.2 Å². The molecule has 0 aliphatic heterocycles. The van der Waals surface area contributed by atoms with Gasteiger partial charge in [0.25, 0.3) is 0 Å². The number of nitrogens with one attached hydrogen (secondary N) is 1. The normalized spacial score (nSPS) is 26.1. The Morgan fingerprint density at radius 3 is 3.00 bits per heavy atom. The molecule has 0 aromatic carbocycles. The Kier molecular flexibility index (Phi) is 3.19. The first-order valence-corrected chi connectivity index (χ1v) is 5.61. The maximum absolute atomic E-state index is 4.31. The maximum atomic E-state index is 4.31. The summed E-state index contributed by atoms with van der Waals surface area (Å²) in [4.78, 5) is 0. The number of nitrogens with zero attached hydrogens (tertiary/aromatic N) is 2. The quantitative estimate of drug-likeness (QED) is 0.723. The molecule has 1 N–H and O–H groups in total. The minimum atomic E-state index is 0.648. The Labute approximate surface area is 85.5 Å². The lowest BCUT2D eigenvalue weighted by Crippen LogP contribution is -2.37. The van der Waals surface area contributed by atoms with Crippen LogP contribution in [0.1, 0.15) is 32.2 Å². The van der Waals surface area contributed by atoms with Crippen LogP contribution in [0.15, 0.2) is 18.5 Å². The lowest BCUT2D eigenvalue weighted by Gasteiger charge is -2.36. The molecule has 0 spiro atoms. The second kappa shape index (κ2) is 4.60. The molecule has 1 saturated carbocycles. The van der Waals surface area contributed by atoms with Gasteiger partial charge >= 0.3 is 0 Å². The highest BCUT2D eigenvalue weighted by atomic mass is 15.3. The first kappa shape index (κ1) is 9.71. The molecule has 3 nitrogen and oxygen atoms in total. The van der Waals surface area contributed by atoms with E-state index >= 15 is 0 Å². The van der Waals surface area contributed by atoms with Gasteiger partial charge in [0.05, 0.1) is 6.04 Å². The molecule has 0 amide bonds. The summed E-state index contributed by atoms with van der Waals surface area (Å²) >= 11 is 0. The second-order valence-electron chi connectivity index (χ2n) is 4.09. The summed E-state index contributed by atoms with van der Waals surface area (Å²) in [6, 6.07) is 2.66. The van der Waals surface area contributed by atoms with E-state index in [2.05, 4.69) is 28.2 Å². The molecule has 2 atom stereocenters. The van der Waals surface area contributed by atoms with Crippen molar-refractivity contribution < 1.29 is 0 Å². The molecule has 78 valence electrons. The maximum Gasteiger partial charge on any atom is 0.0559 e. The largest absolute Gasteiger partial charge is 0.316 e. The van der Waals surface area contributed by atoms with Gasteiger partial charge in [-0.05, 0) is 44.3 Å². The average Bonchev–Trinajstić information content (AvgIpc) is 2.63. The van der Waals surface area contributed by atoms with Gasteiger partial charge in [0.2, 0.25) is 0 Å². The van der Waals surface area contributed by atoms with Gasteiger partial charge in [-0.2, -0.15) is 5.10 Å². The van der Waals surface area contributed by atoms with E-state index in [0.29, 0.717) is 6.04 Å². The third-order valence-electron chi connectivity index (χ3n) is 3.08. The van der Waals surface area contributed by atoms with Gasteiger partial charge in [-0.1, -0.05) is 6.92 Å². The van der Waals surface area contributed by atoms with Crippen LogP contribution in [0.3, 0.4) is 0 Å². The van der Waals surface area contributed by atoms with Crippen molar-refractivity contribution in [3.63, 3.8) is 0 Å². The molecule has 1 heterocycles. The van der Waals surface area contributed by atoms with Crippen LogP contribution in [0, 0.1) is 5.92 Å². The summed E-state index contributed by atoms with van der Waals surface area (Å²) in [7, 11) is 0. The predicted molar refractivity (Wildman–Crippen MR) is 57.1 cm³/mol. The number of aromatic nitrogens is 2. The number of rotatable bonds is 5. The minimum absolute atomic E-state index is 0.648. The summed E-state index contributed by atoms with van der Waals surface area (Å²) in [5.41, 5.74) is 0. The topological polar surface area (TPSA) is 29.9 Å². The Balaban J connectivity index is 1.79. The molecule has 1 aromatic rings. The number of hydrogen-bond acceptors (Lipinski definition) is 2. The van der Waals surface area contributed by atoms with Gasteiger partial charge in [-0.3, -0.25) is 4.68 Å². The Hall–Kier alpha value is -0.830. The summed E-state index contributed by atoms with van der Waals surface area (Å²) in [6.45, 7) is 4.50. The second-order valence-corrected chi connectivity index (χ2v) is 4.09. The van der Waals surface area contributed by atoms with E-state index in [1.54, 1.807) is 0 Å². The highest BCUT2D eigenvalue weighted by Gasteiger charge is 2.31. The summed E-state index contributed by atoms with van der Waals surface area (Å²) in [5.74, 6) is 0.793. The van der Waals surface area contributed by atoms with Crippen LogP contribution in [0.5, 0.6) is 0 Å². The predicted octanol–water partition coefficient (Wildman–Crippen LogP) is 1.83. The van der Waals surface area contributed by atoms with Crippen molar-refractivity contribution in [3.8, 4) is 0 Å². The average molecular weight is 193 g/mol. The SMILES string of the molecule is CCCNCC1CCC1n1cccn1. The van der Waals surface area contributed by atoms with E-state index in [9.17, 15) is 0 Å². The van der Waals surface area contributed by atoms with Crippen molar-refractivity contribution in [3.05, 3.63) is 18.5 Å². The smallest absolute Gasteiger partial charge is 0.0559 e. The van der Waals surface area contributed by atoms with Crippen molar-refractivity contribution in [2.24, 2.45) is 5.92 Å². The molecule has 0 radical (unpaired) electrons. The molecule has 1 fully saturated rings. The third-order valence-corrected chi connectivity index (χ3v) is 3.08. The van der Waals surface area contributed by atoms with Gasteiger partial charge < -0.3 is 5.32 Å². The molecule has 1 aliphatic rings. The van der Waals surface area contributed by atoms with Crippen molar-refractivity contribution in [1.29, 1.82) is 0 Å². The van der Waals surface area contributed by atoms with Gasteiger partial charge in [-0.25, -0.2) is 0 Å². The zero-order valence-electron chi connectivity index (χ0n) is 8.82. The Morgan fingerprint density at radius 1 is 1.50 bits per heavy atom. The van der Waals surface area contributed by atoms with E-state index in [-0.39, 0.29) is 0 Å². The molecule has 2 rings (SSSR count). The first-order valence-electron chi connectivity index (χ1n) is 5.61. The van der Waals surface area contributed by atoms with Crippen LogP contribution < -0.4 is 5.32 Å². The van der Waals surface area contributed by atoms with Crippen LogP contribution in [-0.2, 0) is 0 Å². The van der Waals surface area contributed by atoms with Crippen LogP contribution in [0.2, 0.25) is 0 Å². The molecular weight excluding hydrogens is 174 g/mol. The van der Waals surface area contributed by atoms with Gasteiger partial charge in [0.1, 0.15) is 0 Å². The summed E-state index contributed by atoms with van der Waals surface area (Å²) in [6.07, 6.45) is 7.81. The van der Waals surface area contributed by atoms with Gasteiger partial charge in [0.15, 0.2) is 0 Å². The third kappa shape index (κ3) is 1.98. The van der Waals surface area contributed by atoms with Crippen LogP contribution in [-0.4, -0.2) is 22.9 Å². The Morgan fingerprint density at radius 2 is 2.43 bits per heavy atom. The van der Waals surface area contributed by atoms with E-state index < -0.39 is 0 Å². The standard InChI is InChI=1S/C11H19N3/c1-2-6-12-9-10-4-5-11(10)14-8-3-7-13-14/h3,7-8,10-12H,2,4-6,9H2,1H3. The molecule has 14 heavy (non-hydrogen) atoms. The molecule has 2 unspecified atom stereocenters. The molecule has 0 bridgehead atoms. The van der Waals surface area contributed by atoms with E-state index in [0.717, 1.165) is 19.0 Å². The molecule has 1 aromatic heterocycles. The molecule has 3 heteroatoms. The highest BCUT2D eigenvalue weighted by Crippen LogP contribution is 2.37. The van der Waals surface area contributed by atoms with Gasteiger partial charge in [-0.15, -0.1) is 0 Å². The monoisotopic (exact) mass is 193 g/mol. The minimum Gasteiger partial charge on any atom is -0.316 e.